The maximum Gasteiger partial charge on any atom is 0.255 e. The molecule has 1 saturated heterocycles. The predicted octanol–water partition coefficient (Wildman–Crippen LogP) is 6.41. The van der Waals surface area contributed by atoms with E-state index in [-0.39, 0.29) is 10.8 Å². The van der Waals surface area contributed by atoms with Crippen molar-refractivity contribution in [3.8, 4) is 0 Å². The van der Waals surface area contributed by atoms with Crippen LogP contribution in [-0.2, 0) is 15.8 Å². The smallest absolute Gasteiger partial charge is 0.255 e. The Morgan fingerprint density at radius 1 is 0.886 bits per heavy atom. The summed E-state index contributed by atoms with van der Waals surface area (Å²) in [5, 5.41) is 2.98. The molecule has 3 aromatic rings. The molecule has 0 atom stereocenters. The van der Waals surface area contributed by atoms with Crippen LogP contribution in [0.3, 0.4) is 0 Å². The number of nitrogens with one attached hydrogen (secondary N) is 1. The fourth-order valence-corrected chi connectivity index (χ4v) is 6.67. The molecule has 7 heteroatoms. The summed E-state index contributed by atoms with van der Waals surface area (Å²) in [6.45, 7) is 4.87. The van der Waals surface area contributed by atoms with Gasteiger partial charge in [-0.2, -0.15) is 4.31 Å². The number of hydrogen-bond donors (Lipinski definition) is 1. The lowest BCUT2D eigenvalue weighted by Crippen LogP contribution is -2.32. The van der Waals surface area contributed by atoms with Gasteiger partial charge in [0.15, 0.2) is 0 Å². The average Bonchev–Trinajstić information content (AvgIpc) is 3.15. The molecule has 0 radical (unpaired) electrons. The van der Waals surface area contributed by atoms with Crippen LogP contribution >= 0.6 is 11.8 Å². The normalized spacial score (nSPS) is 14.9. The molecule has 3 aromatic carbocycles. The van der Waals surface area contributed by atoms with E-state index in [9.17, 15) is 13.2 Å². The van der Waals surface area contributed by atoms with E-state index in [0.717, 1.165) is 48.3 Å². The van der Waals surface area contributed by atoms with Crippen LogP contribution in [0.2, 0.25) is 0 Å². The van der Waals surface area contributed by atoms with Crippen LogP contribution < -0.4 is 5.32 Å². The van der Waals surface area contributed by atoms with Gasteiger partial charge in [-0.3, -0.25) is 4.79 Å². The van der Waals surface area contributed by atoms with Crippen molar-refractivity contribution < 1.29 is 13.2 Å². The van der Waals surface area contributed by atoms with Crippen LogP contribution in [0.1, 0.15) is 52.7 Å². The quantitative estimate of drug-likeness (QED) is 0.374. The van der Waals surface area contributed by atoms with Gasteiger partial charge in [-0.15, -0.1) is 11.8 Å². The molecule has 0 spiro atoms. The van der Waals surface area contributed by atoms with Crippen molar-refractivity contribution in [3.63, 3.8) is 0 Å². The molecule has 1 amide bonds. The molecule has 1 heterocycles. The fraction of sp³-hybridized carbons (Fsp3) is 0.321. The second-order valence-electron chi connectivity index (χ2n) is 9.00. The Labute approximate surface area is 213 Å². The molecule has 0 unspecified atom stereocenters. The highest BCUT2D eigenvalue weighted by atomic mass is 32.2. The molecule has 0 saturated carbocycles. The Balaban J connectivity index is 1.48. The zero-order chi connectivity index (χ0) is 24.8. The first kappa shape index (κ1) is 25.5. The molecular formula is C28H32N2O3S2. The van der Waals surface area contributed by atoms with E-state index >= 15 is 0 Å². The van der Waals surface area contributed by atoms with Gasteiger partial charge in [0.2, 0.25) is 10.0 Å². The Hall–Kier alpha value is -2.61. The molecule has 184 valence electrons. The minimum atomic E-state index is -3.62. The van der Waals surface area contributed by atoms with Gasteiger partial charge >= 0.3 is 0 Å². The molecule has 0 aliphatic carbocycles. The summed E-state index contributed by atoms with van der Waals surface area (Å²) in [5.74, 6) is 0.541. The monoisotopic (exact) mass is 508 g/mol. The second-order valence-corrected chi connectivity index (χ2v) is 12.0. The summed E-state index contributed by atoms with van der Waals surface area (Å²) in [6, 6.07) is 21.1. The number of thioether (sulfide) groups is 1. The van der Waals surface area contributed by atoms with Gasteiger partial charge in [0, 0.05) is 35.0 Å². The lowest BCUT2D eigenvalue weighted by molar-refractivity contribution is 0.102. The lowest BCUT2D eigenvalue weighted by atomic mass is 10.1. The topological polar surface area (TPSA) is 66.5 Å². The number of amides is 1. The molecule has 1 N–H and O–H groups in total. The molecule has 0 bridgehead atoms. The van der Waals surface area contributed by atoms with E-state index in [1.54, 1.807) is 28.2 Å². The van der Waals surface area contributed by atoms with E-state index in [2.05, 4.69) is 23.5 Å². The summed E-state index contributed by atoms with van der Waals surface area (Å²) in [6.07, 6.45) is 3.85. The number of benzene rings is 3. The lowest BCUT2D eigenvalue weighted by Gasteiger charge is -2.20. The van der Waals surface area contributed by atoms with Crippen molar-refractivity contribution in [1.29, 1.82) is 0 Å². The Morgan fingerprint density at radius 2 is 1.60 bits per heavy atom. The highest BCUT2D eigenvalue weighted by Gasteiger charge is 2.26. The second kappa shape index (κ2) is 11.4. The zero-order valence-electron chi connectivity index (χ0n) is 20.3. The fourth-order valence-electron chi connectivity index (χ4n) is 4.27. The summed E-state index contributed by atoms with van der Waals surface area (Å²) in [7, 11) is -3.62. The van der Waals surface area contributed by atoms with Crippen molar-refractivity contribution in [2.75, 3.05) is 18.4 Å². The molecule has 4 rings (SSSR count). The van der Waals surface area contributed by atoms with Crippen LogP contribution in [0.4, 0.5) is 5.69 Å². The zero-order valence-corrected chi connectivity index (χ0v) is 21.9. The van der Waals surface area contributed by atoms with Crippen LogP contribution in [0.15, 0.2) is 76.5 Å². The van der Waals surface area contributed by atoms with Crippen molar-refractivity contribution in [1.82, 2.24) is 4.31 Å². The number of carbonyl (C=O) groups is 1. The molecular weight excluding hydrogens is 476 g/mol. The average molecular weight is 509 g/mol. The number of carbonyl (C=O) groups excluding carboxylic acids is 1. The molecule has 35 heavy (non-hydrogen) atoms. The summed E-state index contributed by atoms with van der Waals surface area (Å²) in [5.41, 5.74) is 3.99. The SMILES string of the molecule is Cc1cc(CSc2ccccc2)ccc1NC(=O)c1cc(S(=O)(=O)N2CCCCCC2)ccc1C. The standard InChI is InChI=1S/C28H32N2O3S2/c1-21-12-14-25(35(32,33)30-16-8-3-4-9-17-30)19-26(21)28(31)29-27-15-13-23(18-22(27)2)20-34-24-10-6-5-7-11-24/h5-7,10-15,18-19H,3-4,8-9,16-17,20H2,1-2H3,(H,29,31). The maximum atomic E-state index is 13.2. The summed E-state index contributed by atoms with van der Waals surface area (Å²) in [4.78, 5) is 14.6. The van der Waals surface area contributed by atoms with E-state index < -0.39 is 10.0 Å². The van der Waals surface area contributed by atoms with E-state index in [4.69, 9.17) is 0 Å². The number of nitrogens with zero attached hydrogens (tertiary/aromatic N) is 1. The highest BCUT2D eigenvalue weighted by Crippen LogP contribution is 2.26. The first-order chi connectivity index (χ1) is 16.8. The Kier molecular flexibility index (Phi) is 8.31. The third-order valence-electron chi connectivity index (χ3n) is 6.34. The van der Waals surface area contributed by atoms with Crippen molar-refractivity contribution >= 4 is 33.4 Å². The van der Waals surface area contributed by atoms with E-state index in [1.807, 2.05) is 44.2 Å². The van der Waals surface area contributed by atoms with Gasteiger partial charge in [-0.25, -0.2) is 8.42 Å². The number of anilines is 1. The molecule has 1 fully saturated rings. The Bertz CT molecular complexity index is 1280. The van der Waals surface area contributed by atoms with Gasteiger partial charge in [0.1, 0.15) is 0 Å². The van der Waals surface area contributed by atoms with Gasteiger partial charge in [0.05, 0.1) is 4.90 Å². The molecule has 1 aliphatic rings. The van der Waals surface area contributed by atoms with Crippen LogP contribution in [0.5, 0.6) is 0 Å². The van der Waals surface area contributed by atoms with Crippen molar-refractivity contribution in [2.24, 2.45) is 0 Å². The first-order valence-corrected chi connectivity index (χ1v) is 14.5. The van der Waals surface area contributed by atoms with Crippen molar-refractivity contribution in [3.05, 3.63) is 89.0 Å². The number of sulfonamides is 1. The van der Waals surface area contributed by atoms with Gasteiger partial charge in [0.25, 0.3) is 5.91 Å². The summed E-state index contributed by atoms with van der Waals surface area (Å²) >= 11 is 1.77. The third kappa shape index (κ3) is 6.34. The minimum Gasteiger partial charge on any atom is -0.322 e. The van der Waals surface area contributed by atoms with E-state index in [0.29, 0.717) is 18.7 Å². The maximum absolute atomic E-state index is 13.2. The number of hydrogen-bond acceptors (Lipinski definition) is 4. The van der Waals surface area contributed by atoms with Crippen molar-refractivity contribution in [2.45, 2.75) is 55.1 Å². The largest absolute Gasteiger partial charge is 0.322 e. The number of rotatable bonds is 7. The molecule has 5 nitrogen and oxygen atoms in total. The van der Waals surface area contributed by atoms with Crippen LogP contribution in [-0.4, -0.2) is 31.7 Å². The van der Waals surface area contributed by atoms with E-state index in [1.165, 1.54) is 16.5 Å². The third-order valence-corrected chi connectivity index (χ3v) is 9.32. The first-order valence-electron chi connectivity index (χ1n) is 12.0. The van der Waals surface area contributed by atoms with Gasteiger partial charge in [-0.1, -0.05) is 49.2 Å². The molecule has 0 aromatic heterocycles. The van der Waals surface area contributed by atoms with Crippen LogP contribution in [0, 0.1) is 13.8 Å². The molecule has 1 aliphatic heterocycles. The highest BCUT2D eigenvalue weighted by molar-refractivity contribution is 7.98. The van der Waals surface area contributed by atoms with Gasteiger partial charge in [-0.05, 0) is 73.7 Å². The van der Waals surface area contributed by atoms with Crippen LogP contribution in [0.25, 0.3) is 0 Å². The number of aryl methyl sites for hydroxylation is 2. The predicted molar refractivity (Wildman–Crippen MR) is 144 cm³/mol. The van der Waals surface area contributed by atoms with Gasteiger partial charge < -0.3 is 5.32 Å². The minimum absolute atomic E-state index is 0.181. The Morgan fingerprint density at radius 3 is 2.29 bits per heavy atom. The summed E-state index contributed by atoms with van der Waals surface area (Å²) < 4.78 is 28.0.